The Morgan fingerprint density at radius 1 is 0.472 bits per heavy atom. The molecule has 0 aromatic heterocycles. The Bertz CT molecular complexity index is 961. The minimum Gasteiger partial charge on any atom is -0.497 e. The number of methoxy groups -OCH3 is 1. The lowest BCUT2D eigenvalue weighted by Gasteiger charge is -2.18. The smallest absolute Gasteiger partial charge is 0.118 e. The van der Waals surface area contributed by atoms with E-state index < -0.39 is 0 Å². The van der Waals surface area contributed by atoms with Gasteiger partial charge in [0.2, 0.25) is 0 Å². The van der Waals surface area contributed by atoms with E-state index in [1.165, 1.54) is 22.3 Å². The van der Waals surface area contributed by atoms with E-state index in [4.69, 9.17) is 4.74 Å². The van der Waals surface area contributed by atoms with Crippen molar-refractivity contribution in [3.05, 3.63) is 101 Å². The fourth-order valence-electron chi connectivity index (χ4n) is 3.88. The van der Waals surface area contributed by atoms with Crippen molar-refractivity contribution >= 4 is 0 Å². The molecule has 0 fully saturated rings. The summed E-state index contributed by atoms with van der Waals surface area (Å²) < 4.78 is 5.10. The highest BCUT2D eigenvalue weighted by Crippen LogP contribution is 2.22. The van der Waals surface area contributed by atoms with Gasteiger partial charge in [0.25, 0.3) is 0 Å². The number of hydrogen-bond acceptors (Lipinski definition) is 1. The quantitative estimate of drug-likeness (QED) is 0.355. The molecule has 0 saturated heterocycles. The summed E-state index contributed by atoms with van der Waals surface area (Å²) >= 11 is 0. The molecule has 3 aromatic carbocycles. The van der Waals surface area contributed by atoms with Crippen molar-refractivity contribution < 1.29 is 4.74 Å². The maximum Gasteiger partial charge on any atom is 0.118 e. The third-order valence-corrected chi connectivity index (χ3v) is 5.33. The zero-order valence-electron chi connectivity index (χ0n) is 25.0. The standard InChI is InChI=1S/C12H18O.C12H18.C11H16/c1-12(2,3)9-10-5-7-11(13-4)8-6-10;1-10-5-7-11(8-6-10)9-12(2,3)4;1-11(2,3)9-10-7-5-4-6-8-10/h5-8H,9H2,1-4H3;5-8H,9H2,1-4H3;4-8H,9H2,1-3H3. The lowest BCUT2D eigenvalue weighted by molar-refractivity contribution is 0.406. The first-order valence-electron chi connectivity index (χ1n) is 13.3. The largest absolute Gasteiger partial charge is 0.497 e. The highest BCUT2D eigenvalue weighted by atomic mass is 16.5. The molecular formula is C35H52O. The van der Waals surface area contributed by atoms with Crippen molar-refractivity contribution in [3.8, 4) is 5.75 Å². The second kappa shape index (κ2) is 14.3. The Hall–Kier alpha value is -2.54. The first kappa shape index (κ1) is 31.5. The molecule has 0 heterocycles. The van der Waals surface area contributed by atoms with Crippen LogP contribution < -0.4 is 4.74 Å². The van der Waals surface area contributed by atoms with Gasteiger partial charge in [-0.2, -0.15) is 0 Å². The van der Waals surface area contributed by atoms with Gasteiger partial charge in [-0.15, -0.1) is 0 Å². The SMILES string of the molecule is CC(C)(C)Cc1ccccc1.COc1ccc(CC(C)(C)C)cc1.Cc1ccc(CC(C)(C)C)cc1. The van der Waals surface area contributed by atoms with Crippen molar-refractivity contribution in [2.75, 3.05) is 7.11 Å². The summed E-state index contributed by atoms with van der Waals surface area (Å²) in [7, 11) is 1.69. The molecule has 36 heavy (non-hydrogen) atoms. The lowest BCUT2D eigenvalue weighted by atomic mass is 9.88. The fraction of sp³-hybridized carbons (Fsp3) is 0.486. The summed E-state index contributed by atoms with van der Waals surface area (Å²) in [6.07, 6.45) is 3.43. The third kappa shape index (κ3) is 16.2. The molecule has 0 aliphatic heterocycles. The first-order valence-corrected chi connectivity index (χ1v) is 13.3. The van der Waals surface area contributed by atoms with Gasteiger partial charge in [0.15, 0.2) is 0 Å². The van der Waals surface area contributed by atoms with Crippen molar-refractivity contribution in [3.63, 3.8) is 0 Å². The average molecular weight is 489 g/mol. The van der Waals surface area contributed by atoms with Crippen LogP contribution in [-0.4, -0.2) is 7.11 Å². The summed E-state index contributed by atoms with van der Waals surface area (Å²) in [6.45, 7) is 22.5. The first-order chi connectivity index (χ1) is 16.6. The Labute approximate surface area is 223 Å². The molecule has 0 saturated carbocycles. The minimum absolute atomic E-state index is 0.356. The summed E-state index contributed by atoms with van der Waals surface area (Å²) in [6, 6.07) is 27.7. The van der Waals surface area contributed by atoms with Crippen LogP contribution in [0.4, 0.5) is 0 Å². The third-order valence-electron chi connectivity index (χ3n) is 5.33. The summed E-state index contributed by atoms with van der Waals surface area (Å²) in [5.74, 6) is 0.928. The van der Waals surface area contributed by atoms with E-state index in [9.17, 15) is 0 Å². The zero-order chi connectivity index (χ0) is 27.4. The van der Waals surface area contributed by atoms with Crippen LogP contribution in [0.3, 0.4) is 0 Å². The molecule has 0 radical (unpaired) electrons. The summed E-state index contributed by atoms with van der Waals surface area (Å²) in [5.41, 5.74) is 6.74. The maximum atomic E-state index is 5.10. The number of hydrogen-bond donors (Lipinski definition) is 0. The Morgan fingerprint density at radius 2 is 0.806 bits per heavy atom. The van der Waals surface area contributed by atoms with E-state index in [2.05, 4.69) is 136 Å². The molecule has 0 amide bonds. The molecule has 0 aliphatic carbocycles. The highest BCUT2D eigenvalue weighted by Gasteiger charge is 2.11. The minimum atomic E-state index is 0.356. The summed E-state index contributed by atoms with van der Waals surface area (Å²) in [5, 5.41) is 0. The fourth-order valence-corrected chi connectivity index (χ4v) is 3.88. The van der Waals surface area contributed by atoms with Gasteiger partial charge in [-0.1, -0.05) is 135 Å². The molecule has 1 heteroatoms. The van der Waals surface area contributed by atoms with Gasteiger partial charge in [0.1, 0.15) is 5.75 Å². The summed E-state index contributed by atoms with van der Waals surface area (Å²) in [4.78, 5) is 0. The maximum absolute atomic E-state index is 5.10. The van der Waals surface area contributed by atoms with E-state index in [0.29, 0.717) is 16.2 Å². The van der Waals surface area contributed by atoms with Gasteiger partial charge in [-0.05, 0) is 71.3 Å². The second-order valence-corrected chi connectivity index (χ2v) is 13.5. The van der Waals surface area contributed by atoms with Gasteiger partial charge in [-0.25, -0.2) is 0 Å². The van der Waals surface area contributed by atoms with Crippen LogP contribution in [0.5, 0.6) is 5.75 Å². The van der Waals surface area contributed by atoms with Crippen molar-refractivity contribution in [2.45, 2.75) is 88.5 Å². The molecule has 1 nitrogen and oxygen atoms in total. The van der Waals surface area contributed by atoms with Gasteiger partial charge >= 0.3 is 0 Å². The molecule has 198 valence electrons. The van der Waals surface area contributed by atoms with Crippen LogP contribution in [0.1, 0.15) is 84.6 Å². The highest BCUT2D eigenvalue weighted by molar-refractivity contribution is 5.27. The van der Waals surface area contributed by atoms with Crippen molar-refractivity contribution in [1.82, 2.24) is 0 Å². The molecule has 0 spiro atoms. The molecule has 0 aliphatic rings. The van der Waals surface area contributed by atoms with Gasteiger partial charge < -0.3 is 4.74 Å². The van der Waals surface area contributed by atoms with Crippen LogP contribution in [0.15, 0.2) is 78.9 Å². The zero-order valence-corrected chi connectivity index (χ0v) is 25.0. The molecule has 0 atom stereocenters. The van der Waals surface area contributed by atoms with Crippen LogP contribution in [0.25, 0.3) is 0 Å². The average Bonchev–Trinajstić information content (AvgIpc) is 2.74. The number of aryl methyl sites for hydroxylation is 1. The van der Waals surface area contributed by atoms with Crippen LogP contribution >= 0.6 is 0 Å². The predicted molar refractivity (Wildman–Crippen MR) is 160 cm³/mol. The molecule has 0 bridgehead atoms. The van der Waals surface area contributed by atoms with E-state index in [-0.39, 0.29) is 0 Å². The van der Waals surface area contributed by atoms with E-state index >= 15 is 0 Å². The Kier molecular flexibility index (Phi) is 12.5. The second-order valence-electron chi connectivity index (χ2n) is 13.5. The molecule has 0 unspecified atom stereocenters. The molecule has 3 aromatic rings. The van der Waals surface area contributed by atoms with E-state index in [1.807, 2.05) is 12.1 Å². The Morgan fingerprint density at radius 3 is 1.14 bits per heavy atom. The normalized spacial score (nSPS) is 11.5. The van der Waals surface area contributed by atoms with E-state index in [0.717, 1.165) is 25.0 Å². The predicted octanol–water partition coefficient (Wildman–Crippen LogP) is 10.1. The monoisotopic (exact) mass is 488 g/mol. The molecule has 0 N–H and O–H groups in total. The Balaban J connectivity index is 0.000000271. The van der Waals surface area contributed by atoms with Crippen molar-refractivity contribution in [1.29, 1.82) is 0 Å². The topological polar surface area (TPSA) is 9.23 Å². The van der Waals surface area contributed by atoms with Crippen LogP contribution in [-0.2, 0) is 19.3 Å². The van der Waals surface area contributed by atoms with Gasteiger partial charge in [-0.3, -0.25) is 0 Å². The molecule has 3 rings (SSSR count). The van der Waals surface area contributed by atoms with Gasteiger partial charge in [0, 0.05) is 0 Å². The van der Waals surface area contributed by atoms with Crippen molar-refractivity contribution in [2.24, 2.45) is 16.2 Å². The van der Waals surface area contributed by atoms with Crippen LogP contribution in [0.2, 0.25) is 0 Å². The lowest BCUT2D eigenvalue weighted by Crippen LogP contribution is -2.08. The van der Waals surface area contributed by atoms with Crippen LogP contribution in [0, 0.1) is 23.2 Å². The number of ether oxygens (including phenoxy) is 1. The number of rotatable bonds is 4. The van der Waals surface area contributed by atoms with E-state index in [1.54, 1.807) is 7.11 Å². The number of benzene rings is 3. The van der Waals surface area contributed by atoms with Gasteiger partial charge in [0.05, 0.1) is 7.11 Å². The molecular weight excluding hydrogens is 436 g/mol.